The normalized spacial score (nSPS) is 16.7. The lowest BCUT2D eigenvalue weighted by molar-refractivity contribution is -0.137. The van der Waals surface area contributed by atoms with Crippen molar-refractivity contribution in [2.45, 2.75) is 49.8 Å². The number of hydrogen-bond acceptors (Lipinski definition) is 5. The largest absolute Gasteiger partial charge is 0.416 e. The van der Waals surface area contributed by atoms with Crippen LogP contribution in [0.15, 0.2) is 34.0 Å². The Morgan fingerprint density at radius 2 is 1.77 bits per heavy atom. The lowest BCUT2D eigenvalue weighted by Gasteiger charge is -2.30. The molecule has 0 aliphatic carbocycles. The topological polar surface area (TPSA) is 86.4 Å². The predicted octanol–water partition coefficient (Wildman–Crippen LogP) is 2.30. The van der Waals surface area contributed by atoms with Gasteiger partial charge in [0, 0.05) is 32.7 Å². The van der Waals surface area contributed by atoms with Crippen LogP contribution in [0.4, 0.5) is 13.2 Å². The van der Waals surface area contributed by atoms with Gasteiger partial charge < -0.3 is 4.74 Å². The van der Waals surface area contributed by atoms with Crippen molar-refractivity contribution >= 4 is 10.0 Å². The summed E-state index contributed by atoms with van der Waals surface area (Å²) in [5, 5.41) is 4.43. The van der Waals surface area contributed by atoms with Crippen LogP contribution in [0.1, 0.15) is 37.1 Å². The Balaban J connectivity index is 1.74. The number of ether oxygens (including phenoxy) is 1. The van der Waals surface area contributed by atoms with E-state index in [4.69, 9.17) is 4.74 Å². The molecule has 0 spiro atoms. The van der Waals surface area contributed by atoms with Gasteiger partial charge in [0.25, 0.3) is 0 Å². The molecule has 2 aromatic rings. The van der Waals surface area contributed by atoms with Crippen molar-refractivity contribution in [3.63, 3.8) is 0 Å². The van der Waals surface area contributed by atoms with Crippen LogP contribution in [0, 0.1) is 0 Å². The summed E-state index contributed by atoms with van der Waals surface area (Å²) >= 11 is 0. The molecular formula is C19H25F3N4O4S. The van der Waals surface area contributed by atoms with E-state index in [0.717, 1.165) is 24.3 Å². The number of hydrogen-bond donors (Lipinski definition) is 0. The molecular weight excluding hydrogens is 437 g/mol. The molecule has 1 saturated heterocycles. The highest BCUT2D eigenvalue weighted by Gasteiger charge is 2.34. The summed E-state index contributed by atoms with van der Waals surface area (Å²) in [4.78, 5) is 12.3. The summed E-state index contributed by atoms with van der Waals surface area (Å²) in [6.07, 6.45) is -3.61. The highest BCUT2D eigenvalue weighted by molar-refractivity contribution is 7.89. The fraction of sp³-hybridized carbons (Fsp3) is 0.579. The predicted molar refractivity (Wildman–Crippen MR) is 106 cm³/mol. The summed E-state index contributed by atoms with van der Waals surface area (Å²) in [6.45, 7) is 3.36. The Hall–Kier alpha value is -2.18. The van der Waals surface area contributed by atoms with E-state index >= 15 is 0 Å². The standard InChI is InChI=1S/C19H25F3N4O4S/c1-3-25-17(23-26(18(25)27)12-13-30-2)14-8-10-24(11-9-14)31(28,29)16-6-4-15(5-7-16)19(20,21)22/h4-7,14H,3,8-13H2,1-2H3. The van der Waals surface area contributed by atoms with Crippen LogP contribution in [-0.4, -0.2) is 53.9 Å². The van der Waals surface area contributed by atoms with Gasteiger partial charge in [-0.25, -0.2) is 17.9 Å². The Bertz CT molecular complexity index is 1050. The molecule has 0 radical (unpaired) electrons. The Morgan fingerprint density at radius 1 is 1.16 bits per heavy atom. The number of benzene rings is 1. The maximum Gasteiger partial charge on any atom is 0.416 e. The molecule has 8 nitrogen and oxygen atoms in total. The van der Waals surface area contributed by atoms with E-state index in [1.54, 1.807) is 4.57 Å². The van der Waals surface area contributed by atoms with E-state index in [9.17, 15) is 26.4 Å². The molecule has 0 N–H and O–H groups in total. The van der Waals surface area contributed by atoms with E-state index in [1.165, 1.54) is 16.1 Å². The second-order valence-electron chi connectivity index (χ2n) is 7.30. The lowest BCUT2D eigenvalue weighted by Crippen LogP contribution is -2.38. The first-order valence-electron chi connectivity index (χ1n) is 9.93. The molecule has 1 fully saturated rings. The summed E-state index contributed by atoms with van der Waals surface area (Å²) in [5.41, 5.74) is -1.12. The van der Waals surface area contributed by atoms with Gasteiger partial charge in [0.15, 0.2) is 0 Å². The van der Waals surface area contributed by atoms with Gasteiger partial charge in [-0.3, -0.25) is 4.57 Å². The molecule has 0 unspecified atom stereocenters. The average molecular weight is 462 g/mol. The van der Waals surface area contributed by atoms with Crippen LogP contribution in [0.25, 0.3) is 0 Å². The number of rotatable bonds is 7. The van der Waals surface area contributed by atoms with Crippen LogP contribution in [0.3, 0.4) is 0 Å². The Morgan fingerprint density at radius 3 is 2.29 bits per heavy atom. The fourth-order valence-electron chi connectivity index (χ4n) is 3.70. The van der Waals surface area contributed by atoms with Crippen LogP contribution < -0.4 is 5.69 Å². The molecule has 31 heavy (non-hydrogen) atoms. The van der Waals surface area contributed by atoms with Gasteiger partial charge in [0.05, 0.1) is 23.6 Å². The van der Waals surface area contributed by atoms with E-state index in [1.807, 2.05) is 6.92 Å². The van der Waals surface area contributed by atoms with Crippen molar-refractivity contribution < 1.29 is 26.3 Å². The first kappa shape index (κ1) is 23.5. The first-order chi connectivity index (χ1) is 14.6. The quantitative estimate of drug-likeness (QED) is 0.630. The number of nitrogens with zero attached hydrogens (tertiary/aromatic N) is 4. The van der Waals surface area contributed by atoms with Gasteiger partial charge in [-0.15, -0.1) is 0 Å². The van der Waals surface area contributed by atoms with E-state index in [0.29, 0.717) is 38.4 Å². The number of alkyl halides is 3. The van der Waals surface area contributed by atoms with Crippen LogP contribution >= 0.6 is 0 Å². The summed E-state index contributed by atoms with van der Waals surface area (Å²) < 4.78 is 73.1. The molecule has 1 aromatic heterocycles. The van der Waals surface area contributed by atoms with E-state index < -0.39 is 21.8 Å². The molecule has 12 heteroatoms. The maximum absolute atomic E-state index is 12.8. The SMILES string of the molecule is CCn1c(C2CCN(S(=O)(=O)c3ccc(C(F)(F)F)cc3)CC2)nn(CCOC)c1=O. The molecule has 0 amide bonds. The van der Waals surface area contributed by atoms with E-state index in [-0.39, 0.29) is 29.6 Å². The molecule has 0 bridgehead atoms. The van der Waals surface area contributed by atoms with Crippen molar-refractivity contribution in [3.05, 3.63) is 46.1 Å². The molecule has 1 aliphatic rings. The third-order valence-electron chi connectivity index (χ3n) is 5.41. The average Bonchev–Trinajstić information content (AvgIpc) is 3.07. The zero-order chi connectivity index (χ0) is 22.8. The van der Waals surface area contributed by atoms with Gasteiger partial charge in [-0.2, -0.15) is 22.6 Å². The molecule has 172 valence electrons. The van der Waals surface area contributed by atoms with Gasteiger partial charge >= 0.3 is 11.9 Å². The zero-order valence-electron chi connectivity index (χ0n) is 17.3. The van der Waals surface area contributed by atoms with Crippen molar-refractivity contribution in [3.8, 4) is 0 Å². The minimum Gasteiger partial charge on any atom is -0.383 e. The number of halogens is 3. The third kappa shape index (κ3) is 4.85. The molecule has 3 rings (SSSR count). The minimum atomic E-state index is -4.53. The van der Waals surface area contributed by atoms with Crippen molar-refractivity contribution in [1.29, 1.82) is 0 Å². The van der Waals surface area contributed by atoms with Crippen molar-refractivity contribution in [1.82, 2.24) is 18.7 Å². The van der Waals surface area contributed by atoms with Crippen LogP contribution in [0.2, 0.25) is 0 Å². The highest BCUT2D eigenvalue weighted by atomic mass is 32.2. The first-order valence-corrected chi connectivity index (χ1v) is 11.4. The monoisotopic (exact) mass is 462 g/mol. The number of sulfonamides is 1. The third-order valence-corrected chi connectivity index (χ3v) is 7.33. The highest BCUT2D eigenvalue weighted by Crippen LogP contribution is 2.32. The summed E-state index contributed by atoms with van der Waals surface area (Å²) in [7, 11) is -2.37. The van der Waals surface area contributed by atoms with E-state index in [2.05, 4.69) is 5.10 Å². The molecule has 1 aliphatic heterocycles. The van der Waals surface area contributed by atoms with Crippen molar-refractivity contribution in [2.75, 3.05) is 26.8 Å². The zero-order valence-corrected chi connectivity index (χ0v) is 18.1. The lowest BCUT2D eigenvalue weighted by atomic mass is 9.97. The Labute approximate surface area is 178 Å². The second-order valence-corrected chi connectivity index (χ2v) is 9.24. The van der Waals surface area contributed by atoms with Gasteiger partial charge in [0.2, 0.25) is 10.0 Å². The fourth-order valence-corrected chi connectivity index (χ4v) is 5.17. The molecule has 0 saturated carbocycles. The number of aromatic nitrogens is 3. The van der Waals surface area contributed by atoms with Gasteiger partial charge in [-0.1, -0.05) is 0 Å². The molecule has 2 heterocycles. The number of methoxy groups -OCH3 is 1. The minimum absolute atomic E-state index is 0.0875. The van der Waals surface area contributed by atoms with Crippen LogP contribution in [-0.2, 0) is 34.0 Å². The smallest absolute Gasteiger partial charge is 0.383 e. The summed E-state index contributed by atoms with van der Waals surface area (Å²) in [6, 6.07) is 3.51. The Kier molecular flexibility index (Phi) is 6.92. The number of piperidine rings is 1. The second kappa shape index (κ2) is 9.13. The molecule has 1 aromatic carbocycles. The molecule has 0 atom stereocenters. The van der Waals surface area contributed by atoms with Crippen LogP contribution in [0.5, 0.6) is 0 Å². The van der Waals surface area contributed by atoms with Crippen molar-refractivity contribution in [2.24, 2.45) is 0 Å². The van der Waals surface area contributed by atoms with Gasteiger partial charge in [0.1, 0.15) is 5.82 Å². The maximum atomic E-state index is 12.8. The summed E-state index contributed by atoms with van der Waals surface area (Å²) in [5.74, 6) is 0.533. The van der Waals surface area contributed by atoms with Gasteiger partial charge in [-0.05, 0) is 44.0 Å².